The standard InChI is InChI=1S/C16H22FNO2/c1-12(19)7-10-18-15(20)16(8-2-3-9-16)13-5-4-6-14(17)11-13/h4-6,11-12,19H,2-3,7-10H2,1H3,(H,18,20). The molecule has 0 saturated heterocycles. The third-order valence-electron chi connectivity index (χ3n) is 4.12. The summed E-state index contributed by atoms with van der Waals surface area (Å²) >= 11 is 0. The topological polar surface area (TPSA) is 49.3 Å². The zero-order valence-corrected chi connectivity index (χ0v) is 11.9. The molecule has 1 fully saturated rings. The molecule has 0 aliphatic heterocycles. The zero-order valence-electron chi connectivity index (χ0n) is 11.9. The van der Waals surface area contributed by atoms with Crippen LogP contribution in [0.5, 0.6) is 0 Å². The summed E-state index contributed by atoms with van der Waals surface area (Å²) in [5.74, 6) is -0.341. The molecule has 1 aromatic rings. The zero-order chi connectivity index (χ0) is 14.6. The Balaban J connectivity index is 2.15. The summed E-state index contributed by atoms with van der Waals surface area (Å²) in [6, 6.07) is 6.37. The molecule has 4 heteroatoms. The van der Waals surface area contributed by atoms with Crippen molar-refractivity contribution in [1.29, 1.82) is 0 Å². The van der Waals surface area contributed by atoms with Gasteiger partial charge in [0.05, 0.1) is 11.5 Å². The van der Waals surface area contributed by atoms with E-state index in [9.17, 15) is 14.3 Å². The molecule has 2 rings (SSSR count). The van der Waals surface area contributed by atoms with Gasteiger partial charge in [0.15, 0.2) is 0 Å². The van der Waals surface area contributed by atoms with Crippen LogP contribution in [0.25, 0.3) is 0 Å². The molecule has 2 N–H and O–H groups in total. The van der Waals surface area contributed by atoms with E-state index in [0.29, 0.717) is 13.0 Å². The first-order valence-corrected chi connectivity index (χ1v) is 7.27. The number of amides is 1. The molecule has 3 nitrogen and oxygen atoms in total. The molecule has 0 radical (unpaired) electrons. The number of carbonyl (C=O) groups is 1. The van der Waals surface area contributed by atoms with Gasteiger partial charge in [-0.2, -0.15) is 0 Å². The maximum Gasteiger partial charge on any atom is 0.230 e. The first-order chi connectivity index (χ1) is 9.54. The Labute approximate surface area is 119 Å². The summed E-state index contributed by atoms with van der Waals surface area (Å²) in [7, 11) is 0. The summed E-state index contributed by atoms with van der Waals surface area (Å²) in [4.78, 5) is 12.5. The summed E-state index contributed by atoms with van der Waals surface area (Å²) < 4.78 is 13.4. The molecule has 1 atom stereocenters. The Kier molecular flexibility index (Phi) is 4.76. The molecule has 20 heavy (non-hydrogen) atoms. The number of hydrogen-bond donors (Lipinski definition) is 2. The summed E-state index contributed by atoms with van der Waals surface area (Å²) in [6.45, 7) is 2.15. The fourth-order valence-corrected chi connectivity index (χ4v) is 2.98. The second kappa shape index (κ2) is 6.35. The minimum absolute atomic E-state index is 0.0405. The van der Waals surface area contributed by atoms with E-state index in [-0.39, 0.29) is 11.7 Å². The highest BCUT2D eigenvalue weighted by Crippen LogP contribution is 2.41. The van der Waals surface area contributed by atoms with Gasteiger partial charge >= 0.3 is 0 Å². The van der Waals surface area contributed by atoms with Crippen molar-refractivity contribution in [3.8, 4) is 0 Å². The van der Waals surface area contributed by atoms with Gasteiger partial charge in [0.25, 0.3) is 0 Å². The lowest BCUT2D eigenvalue weighted by Crippen LogP contribution is -2.43. The molecule has 1 amide bonds. The summed E-state index contributed by atoms with van der Waals surface area (Å²) in [5, 5.41) is 12.1. The van der Waals surface area contributed by atoms with Gasteiger partial charge in [0.2, 0.25) is 5.91 Å². The average molecular weight is 279 g/mol. The van der Waals surface area contributed by atoms with E-state index in [4.69, 9.17) is 0 Å². The van der Waals surface area contributed by atoms with Gasteiger partial charge in [-0.1, -0.05) is 25.0 Å². The Morgan fingerprint density at radius 3 is 2.75 bits per heavy atom. The van der Waals surface area contributed by atoms with Gasteiger partial charge in [-0.15, -0.1) is 0 Å². The van der Waals surface area contributed by atoms with Crippen molar-refractivity contribution >= 4 is 5.91 Å². The summed E-state index contributed by atoms with van der Waals surface area (Å²) in [5.41, 5.74) is 0.172. The predicted molar refractivity (Wildman–Crippen MR) is 75.9 cm³/mol. The Bertz CT molecular complexity index is 467. The van der Waals surface area contributed by atoms with Crippen LogP contribution in [-0.4, -0.2) is 23.7 Å². The van der Waals surface area contributed by atoms with Crippen LogP contribution in [0.4, 0.5) is 4.39 Å². The van der Waals surface area contributed by atoms with Crippen molar-refractivity contribution in [2.45, 2.75) is 50.5 Å². The third kappa shape index (κ3) is 3.18. The van der Waals surface area contributed by atoms with Crippen LogP contribution < -0.4 is 5.32 Å². The number of carbonyl (C=O) groups excluding carboxylic acids is 1. The van der Waals surface area contributed by atoms with E-state index in [1.54, 1.807) is 13.0 Å². The fraction of sp³-hybridized carbons (Fsp3) is 0.562. The smallest absolute Gasteiger partial charge is 0.230 e. The lowest BCUT2D eigenvalue weighted by Gasteiger charge is -2.28. The highest BCUT2D eigenvalue weighted by Gasteiger charge is 2.42. The number of halogens is 1. The van der Waals surface area contributed by atoms with Gasteiger partial charge in [-0.25, -0.2) is 4.39 Å². The number of aliphatic hydroxyl groups is 1. The maximum atomic E-state index is 13.4. The molecule has 0 aromatic heterocycles. The van der Waals surface area contributed by atoms with E-state index in [1.807, 2.05) is 6.07 Å². The van der Waals surface area contributed by atoms with Crippen LogP contribution >= 0.6 is 0 Å². The molecule has 110 valence electrons. The van der Waals surface area contributed by atoms with Gasteiger partial charge < -0.3 is 10.4 Å². The monoisotopic (exact) mass is 279 g/mol. The van der Waals surface area contributed by atoms with Crippen LogP contribution in [-0.2, 0) is 10.2 Å². The fourth-order valence-electron chi connectivity index (χ4n) is 2.98. The van der Waals surface area contributed by atoms with Gasteiger partial charge in [-0.05, 0) is 43.9 Å². The summed E-state index contributed by atoms with van der Waals surface area (Å²) in [6.07, 6.45) is 3.60. The van der Waals surface area contributed by atoms with Crippen molar-refractivity contribution in [3.63, 3.8) is 0 Å². The minimum atomic E-state index is -0.596. The van der Waals surface area contributed by atoms with Crippen molar-refractivity contribution in [2.24, 2.45) is 0 Å². The molecule has 1 unspecified atom stereocenters. The van der Waals surface area contributed by atoms with E-state index in [1.165, 1.54) is 12.1 Å². The SMILES string of the molecule is CC(O)CCNC(=O)C1(c2cccc(F)c2)CCCC1. The van der Waals surface area contributed by atoms with Crippen molar-refractivity contribution in [3.05, 3.63) is 35.6 Å². The maximum absolute atomic E-state index is 13.4. The molecule has 0 spiro atoms. The third-order valence-corrected chi connectivity index (χ3v) is 4.12. The first kappa shape index (κ1) is 15.0. The number of rotatable bonds is 5. The Hall–Kier alpha value is -1.42. The minimum Gasteiger partial charge on any atom is -0.393 e. The Morgan fingerprint density at radius 1 is 1.45 bits per heavy atom. The first-order valence-electron chi connectivity index (χ1n) is 7.27. The highest BCUT2D eigenvalue weighted by atomic mass is 19.1. The van der Waals surface area contributed by atoms with Gasteiger partial charge in [-0.3, -0.25) is 4.79 Å². The second-order valence-electron chi connectivity index (χ2n) is 5.69. The molecular formula is C16H22FNO2. The number of benzene rings is 1. The molecule has 0 bridgehead atoms. The highest BCUT2D eigenvalue weighted by molar-refractivity contribution is 5.88. The van der Waals surface area contributed by atoms with Crippen molar-refractivity contribution in [1.82, 2.24) is 5.32 Å². The second-order valence-corrected chi connectivity index (χ2v) is 5.69. The Morgan fingerprint density at radius 2 is 2.15 bits per heavy atom. The molecule has 1 aromatic carbocycles. The predicted octanol–water partition coefficient (Wildman–Crippen LogP) is 2.52. The molecular weight excluding hydrogens is 257 g/mol. The van der Waals surface area contributed by atoms with Crippen LogP contribution in [0.15, 0.2) is 24.3 Å². The number of aliphatic hydroxyl groups excluding tert-OH is 1. The van der Waals surface area contributed by atoms with Crippen LogP contribution in [0, 0.1) is 5.82 Å². The normalized spacial score (nSPS) is 18.8. The van der Waals surface area contributed by atoms with Crippen LogP contribution in [0.3, 0.4) is 0 Å². The molecule has 0 heterocycles. The quantitative estimate of drug-likeness (QED) is 0.870. The average Bonchev–Trinajstić information content (AvgIpc) is 2.88. The van der Waals surface area contributed by atoms with E-state index in [0.717, 1.165) is 31.2 Å². The number of nitrogens with one attached hydrogen (secondary N) is 1. The molecule has 1 aliphatic rings. The molecule has 1 aliphatic carbocycles. The van der Waals surface area contributed by atoms with Crippen molar-refractivity contribution in [2.75, 3.05) is 6.54 Å². The lowest BCUT2D eigenvalue weighted by atomic mass is 9.78. The van der Waals surface area contributed by atoms with E-state index < -0.39 is 11.5 Å². The molecule has 1 saturated carbocycles. The largest absolute Gasteiger partial charge is 0.393 e. The van der Waals surface area contributed by atoms with E-state index in [2.05, 4.69) is 5.32 Å². The van der Waals surface area contributed by atoms with Crippen molar-refractivity contribution < 1.29 is 14.3 Å². The van der Waals surface area contributed by atoms with Gasteiger partial charge in [0, 0.05) is 6.54 Å². The lowest BCUT2D eigenvalue weighted by molar-refractivity contribution is -0.126. The van der Waals surface area contributed by atoms with Crippen LogP contribution in [0.1, 0.15) is 44.6 Å². The van der Waals surface area contributed by atoms with Gasteiger partial charge in [0.1, 0.15) is 5.82 Å². The van der Waals surface area contributed by atoms with E-state index >= 15 is 0 Å². The number of hydrogen-bond acceptors (Lipinski definition) is 2. The van der Waals surface area contributed by atoms with Crippen LogP contribution in [0.2, 0.25) is 0 Å².